The molecular weight excluding hydrogens is 592 g/mol. The van der Waals surface area contributed by atoms with Gasteiger partial charge in [0.15, 0.2) is 57.5 Å². The van der Waals surface area contributed by atoms with Gasteiger partial charge < -0.3 is 69.7 Å². The maximum absolute atomic E-state index is 12.9. The molecule has 1 fully saturated rings. The van der Waals surface area contributed by atoms with Gasteiger partial charge in [-0.1, -0.05) is 0 Å². The van der Waals surface area contributed by atoms with E-state index in [0.29, 0.717) is 0 Å². The number of benzene rings is 3. The van der Waals surface area contributed by atoms with Gasteiger partial charge in [-0.15, -0.1) is 0 Å². The number of aliphatic hydroxyl groups is 3. The van der Waals surface area contributed by atoms with E-state index in [1.165, 1.54) is 0 Å². The molecule has 2 aliphatic heterocycles. The van der Waals surface area contributed by atoms with Gasteiger partial charge in [0.1, 0.15) is 29.8 Å². The van der Waals surface area contributed by atoms with Crippen molar-refractivity contribution >= 4 is 5.97 Å². The minimum Gasteiger partial charge on any atom is -0.507 e. The fraction of sp³-hybridized carbons (Fsp3) is 0.214. The van der Waals surface area contributed by atoms with Crippen LogP contribution >= 0.6 is 0 Å². The predicted molar refractivity (Wildman–Crippen MR) is 143 cm³/mol. The van der Waals surface area contributed by atoms with Gasteiger partial charge in [-0.05, 0) is 30.3 Å². The van der Waals surface area contributed by atoms with Crippen LogP contribution in [0.2, 0.25) is 0 Å². The Morgan fingerprint density at radius 3 is 1.95 bits per heavy atom. The lowest BCUT2D eigenvalue weighted by Crippen LogP contribution is -2.61. The van der Waals surface area contributed by atoms with E-state index in [0.717, 1.165) is 42.5 Å². The zero-order valence-corrected chi connectivity index (χ0v) is 22.1. The molecule has 2 heterocycles. The average Bonchev–Trinajstić information content (AvgIpc) is 2.97. The quantitative estimate of drug-likeness (QED) is 0.104. The number of fused-ring (bicyclic) bond motifs is 1. The van der Waals surface area contributed by atoms with Gasteiger partial charge in [-0.3, -0.25) is 4.79 Å². The molecule has 44 heavy (non-hydrogen) atoms. The van der Waals surface area contributed by atoms with Gasteiger partial charge >= 0.3 is 5.97 Å². The summed E-state index contributed by atoms with van der Waals surface area (Å²) in [5, 5.41) is 101. The molecule has 5 unspecified atom stereocenters. The first-order chi connectivity index (χ1) is 20.8. The number of ether oxygens (including phenoxy) is 3. The lowest BCUT2D eigenvalue weighted by atomic mass is 9.98. The Hall–Kier alpha value is -5.42. The van der Waals surface area contributed by atoms with Crippen LogP contribution in [0.5, 0.6) is 46.0 Å². The molecule has 0 radical (unpaired) electrons. The summed E-state index contributed by atoms with van der Waals surface area (Å²) < 4.78 is 22.5. The third-order valence-corrected chi connectivity index (χ3v) is 6.75. The molecule has 0 amide bonds. The minimum absolute atomic E-state index is 0.0886. The molecule has 1 saturated heterocycles. The molecule has 2 aromatic rings. The fourth-order valence-electron chi connectivity index (χ4n) is 4.51. The highest BCUT2D eigenvalue weighted by Gasteiger charge is 2.48. The van der Waals surface area contributed by atoms with Crippen molar-refractivity contribution in [3.63, 3.8) is 0 Å². The second-order valence-electron chi connectivity index (χ2n) is 9.71. The monoisotopic (exact) mass is 616 g/mol. The number of hydrogen-bond donors (Lipinski definition) is 10. The van der Waals surface area contributed by atoms with E-state index in [-0.39, 0.29) is 28.4 Å². The van der Waals surface area contributed by atoms with Crippen LogP contribution < -0.4 is 10.2 Å². The average molecular weight is 616 g/mol. The van der Waals surface area contributed by atoms with Crippen LogP contribution in [-0.2, 0) is 9.47 Å². The number of carbonyl (C=O) groups excluding carboxylic acids is 1. The largest absolute Gasteiger partial charge is 0.507 e. The summed E-state index contributed by atoms with van der Waals surface area (Å²) in [4.78, 5) is 24.9. The number of aromatic hydroxyl groups is 7. The molecule has 0 bridgehead atoms. The number of carbonyl (C=O) groups is 1. The van der Waals surface area contributed by atoms with Gasteiger partial charge in [0.2, 0.25) is 6.29 Å². The van der Waals surface area contributed by atoms with Crippen molar-refractivity contribution in [3.8, 4) is 68.6 Å². The molecule has 5 atom stereocenters. The fourth-order valence-corrected chi connectivity index (χ4v) is 4.51. The number of hydrogen-bond acceptors (Lipinski definition) is 16. The molecule has 1 aliphatic carbocycles. The van der Waals surface area contributed by atoms with Crippen molar-refractivity contribution in [1.82, 2.24) is 0 Å². The Kier molecular flexibility index (Phi) is 7.75. The molecule has 3 aliphatic rings. The van der Waals surface area contributed by atoms with Crippen LogP contribution in [0.15, 0.2) is 51.7 Å². The number of phenolic OH excluding ortho intramolecular Hbond substituents is 7. The Bertz CT molecular complexity index is 1720. The smallest absolute Gasteiger partial charge is 0.339 e. The molecule has 16 nitrogen and oxygen atoms in total. The van der Waals surface area contributed by atoms with Gasteiger partial charge in [0.05, 0.1) is 17.7 Å². The first kappa shape index (κ1) is 30.1. The second-order valence-corrected chi connectivity index (χ2v) is 9.71. The van der Waals surface area contributed by atoms with Crippen LogP contribution in [0.1, 0.15) is 10.4 Å². The van der Waals surface area contributed by atoms with Gasteiger partial charge in [0, 0.05) is 17.7 Å². The molecule has 0 saturated carbocycles. The highest BCUT2D eigenvalue weighted by Crippen LogP contribution is 2.45. The second kappa shape index (κ2) is 11.3. The summed E-state index contributed by atoms with van der Waals surface area (Å²) >= 11 is 0. The van der Waals surface area contributed by atoms with Gasteiger partial charge in [-0.25, -0.2) is 4.79 Å². The standard InChI is InChI=1S/C28H24O16/c29-8-20-23(38)24(39)26(44-27(40)10-3-16(34)22(37)17(35)4-10)28(43-20)42-19-7-12-13(31)5-11(30)6-18(12)41-25(19)9-1-14(32)21(36)15(33)2-9/h1-7,20,23-24,26,28-29,31-39H,8H2. The first-order valence-corrected chi connectivity index (χ1v) is 12.6. The van der Waals surface area contributed by atoms with Crippen molar-refractivity contribution < 1.29 is 74.5 Å². The SMILES string of the molecule is O=C(OC1C(Oc2cc3c(O)cc(=O)cc-3oc2-c2cc(O)c(O)c(O)c2)OC(CO)C(O)C1O)c1cc(O)c(O)c(O)c1. The normalized spacial score (nSPS) is 21.7. The predicted octanol–water partition coefficient (Wildman–Crippen LogP) is 0.394. The van der Waals surface area contributed by atoms with Gasteiger partial charge in [-0.2, -0.15) is 0 Å². The van der Waals surface area contributed by atoms with Crippen molar-refractivity contribution in [3.05, 3.63) is 58.3 Å². The molecule has 16 heteroatoms. The van der Waals surface area contributed by atoms with Crippen LogP contribution in [0.4, 0.5) is 0 Å². The zero-order valence-electron chi connectivity index (χ0n) is 22.1. The first-order valence-electron chi connectivity index (χ1n) is 12.6. The summed E-state index contributed by atoms with van der Waals surface area (Å²) in [6.45, 7) is -0.847. The number of rotatable bonds is 6. The molecule has 0 aromatic heterocycles. The van der Waals surface area contributed by atoms with E-state index >= 15 is 0 Å². The summed E-state index contributed by atoms with van der Waals surface area (Å²) in [5.74, 6) is -7.90. The van der Waals surface area contributed by atoms with Crippen LogP contribution in [0, 0.1) is 0 Å². The van der Waals surface area contributed by atoms with Crippen molar-refractivity contribution in [1.29, 1.82) is 0 Å². The Balaban J connectivity index is 1.61. The van der Waals surface area contributed by atoms with E-state index < -0.39 is 94.5 Å². The molecule has 5 rings (SSSR count). The highest BCUT2D eigenvalue weighted by molar-refractivity contribution is 5.91. The molecule has 10 N–H and O–H groups in total. The van der Waals surface area contributed by atoms with Crippen molar-refractivity contribution in [2.45, 2.75) is 30.7 Å². The van der Waals surface area contributed by atoms with Crippen molar-refractivity contribution in [2.75, 3.05) is 6.61 Å². The number of phenols is 7. The molecule has 232 valence electrons. The highest BCUT2D eigenvalue weighted by atomic mass is 16.7. The Labute approximate surface area is 245 Å². The van der Waals surface area contributed by atoms with E-state index in [1.54, 1.807) is 0 Å². The number of esters is 1. The third-order valence-electron chi connectivity index (χ3n) is 6.75. The van der Waals surface area contributed by atoms with Gasteiger partial charge in [0.25, 0.3) is 0 Å². The third kappa shape index (κ3) is 5.40. The van der Waals surface area contributed by atoms with Crippen LogP contribution in [0.25, 0.3) is 22.6 Å². The summed E-state index contributed by atoms with van der Waals surface area (Å²) in [6.07, 6.45) is -9.08. The van der Waals surface area contributed by atoms with E-state index in [4.69, 9.17) is 18.6 Å². The lowest BCUT2D eigenvalue weighted by Gasteiger charge is -2.41. The van der Waals surface area contributed by atoms with E-state index in [2.05, 4.69) is 0 Å². The number of aliphatic hydroxyl groups excluding tert-OH is 3. The zero-order chi connectivity index (χ0) is 32.0. The Morgan fingerprint density at radius 2 is 1.36 bits per heavy atom. The molecule has 0 spiro atoms. The van der Waals surface area contributed by atoms with Crippen LogP contribution in [0.3, 0.4) is 0 Å². The van der Waals surface area contributed by atoms with E-state index in [9.17, 15) is 60.7 Å². The lowest BCUT2D eigenvalue weighted by molar-refractivity contribution is -0.276. The van der Waals surface area contributed by atoms with Crippen LogP contribution in [-0.4, -0.2) is 94.3 Å². The summed E-state index contributed by atoms with van der Waals surface area (Å²) in [6, 6.07) is 6.39. The Morgan fingerprint density at radius 1 is 0.773 bits per heavy atom. The maximum Gasteiger partial charge on any atom is 0.339 e. The maximum atomic E-state index is 12.9. The summed E-state index contributed by atoms with van der Waals surface area (Å²) in [7, 11) is 0. The summed E-state index contributed by atoms with van der Waals surface area (Å²) in [5.41, 5.74) is -1.39. The molecular formula is C28H24O16. The van der Waals surface area contributed by atoms with Crippen molar-refractivity contribution in [2.24, 2.45) is 0 Å². The minimum atomic E-state index is -1.98. The molecule has 2 aromatic carbocycles. The van der Waals surface area contributed by atoms with E-state index in [1.807, 2.05) is 0 Å². The topological polar surface area (TPSA) is 277 Å².